The minimum absolute atomic E-state index is 0.147. The predicted molar refractivity (Wildman–Crippen MR) is 108 cm³/mol. The van der Waals surface area contributed by atoms with Gasteiger partial charge < -0.3 is 19.7 Å². The summed E-state index contributed by atoms with van der Waals surface area (Å²) in [6.07, 6.45) is 5.39. The van der Waals surface area contributed by atoms with E-state index >= 15 is 0 Å². The average Bonchev–Trinajstić information content (AvgIpc) is 2.75. The van der Waals surface area contributed by atoms with Crippen LogP contribution in [0.25, 0.3) is 0 Å². The largest absolute Gasteiger partial charge is 0.497 e. The van der Waals surface area contributed by atoms with Crippen molar-refractivity contribution in [1.82, 2.24) is 10.3 Å². The third-order valence-corrected chi connectivity index (χ3v) is 5.27. The molecule has 1 aliphatic heterocycles. The van der Waals surface area contributed by atoms with Crippen molar-refractivity contribution in [3.8, 4) is 11.6 Å². The second kappa shape index (κ2) is 10.1. The van der Waals surface area contributed by atoms with E-state index in [1.54, 1.807) is 25.4 Å². The standard InChI is InChI=1S/C22H29N3O3/c1-3-28-22-19(8-7-13-23-22)21(26)24-16-20(25-14-5-4-6-15-25)17-9-11-18(27-2)12-10-17/h7-13,20H,3-6,14-16H2,1-2H3,(H,24,26)/p+1/t20-/m0/s1. The Balaban J connectivity index is 1.74. The second-order valence-electron chi connectivity index (χ2n) is 7.04. The van der Waals surface area contributed by atoms with E-state index in [1.807, 2.05) is 19.1 Å². The first-order valence-corrected chi connectivity index (χ1v) is 10.1. The van der Waals surface area contributed by atoms with Gasteiger partial charge >= 0.3 is 0 Å². The molecular formula is C22H30N3O3+. The molecule has 150 valence electrons. The van der Waals surface area contributed by atoms with Crippen LogP contribution in [0.5, 0.6) is 11.6 Å². The van der Waals surface area contributed by atoms with Crippen molar-refractivity contribution < 1.29 is 19.2 Å². The monoisotopic (exact) mass is 384 g/mol. The van der Waals surface area contributed by atoms with Crippen molar-refractivity contribution in [1.29, 1.82) is 0 Å². The summed E-state index contributed by atoms with van der Waals surface area (Å²) < 4.78 is 10.8. The number of nitrogens with zero attached hydrogens (tertiary/aromatic N) is 1. The van der Waals surface area contributed by atoms with Crippen LogP contribution in [0.15, 0.2) is 42.6 Å². The molecule has 28 heavy (non-hydrogen) atoms. The zero-order valence-corrected chi connectivity index (χ0v) is 16.7. The number of nitrogens with one attached hydrogen (secondary N) is 2. The highest BCUT2D eigenvalue weighted by Crippen LogP contribution is 2.18. The SMILES string of the molecule is CCOc1ncccc1C(=O)NC[C@@H](c1ccc(OC)cc1)[NH+]1CCCCC1. The Bertz CT molecular complexity index is 758. The molecule has 2 N–H and O–H groups in total. The minimum Gasteiger partial charge on any atom is -0.497 e. The molecule has 6 heteroatoms. The molecule has 0 unspecified atom stereocenters. The third-order valence-electron chi connectivity index (χ3n) is 5.27. The summed E-state index contributed by atoms with van der Waals surface area (Å²) in [5.74, 6) is 1.08. The predicted octanol–water partition coefficient (Wildman–Crippen LogP) is 2.03. The topological polar surface area (TPSA) is 64.9 Å². The summed E-state index contributed by atoms with van der Waals surface area (Å²) in [6.45, 7) is 5.19. The molecule has 2 heterocycles. The molecule has 1 atom stereocenters. The maximum atomic E-state index is 12.8. The van der Waals surface area contributed by atoms with Gasteiger partial charge in [-0.3, -0.25) is 4.79 Å². The molecule has 0 saturated carbocycles. The molecule has 0 aliphatic carbocycles. The van der Waals surface area contributed by atoms with Gasteiger partial charge in [-0.15, -0.1) is 0 Å². The Hall–Kier alpha value is -2.60. The number of aromatic nitrogens is 1. The number of hydrogen-bond donors (Lipinski definition) is 2. The fraction of sp³-hybridized carbons (Fsp3) is 0.455. The van der Waals surface area contributed by atoms with Crippen LogP contribution in [-0.4, -0.2) is 44.2 Å². The highest BCUT2D eigenvalue weighted by Gasteiger charge is 2.27. The van der Waals surface area contributed by atoms with Crippen molar-refractivity contribution in [3.63, 3.8) is 0 Å². The van der Waals surface area contributed by atoms with E-state index in [0.29, 0.717) is 24.6 Å². The van der Waals surface area contributed by atoms with Gasteiger partial charge in [0.25, 0.3) is 5.91 Å². The molecule has 0 radical (unpaired) electrons. The molecule has 1 saturated heterocycles. The van der Waals surface area contributed by atoms with Gasteiger partial charge in [-0.2, -0.15) is 0 Å². The molecule has 1 amide bonds. The van der Waals surface area contributed by atoms with E-state index in [0.717, 1.165) is 18.8 Å². The van der Waals surface area contributed by atoms with Crippen LogP contribution in [0.2, 0.25) is 0 Å². The molecule has 0 spiro atoms. The lowest BCUT2D eigenvalue weighted by atomic mass is 10.0. The maximum absolute atomic E-state index is 12.8. The number of pyridine rings is 1. The first-order valence-electron chi connectivity index (χ1n) is 10.1. The first kappa shape index (κ1) is 20.1. The van der Waals surface area contributed by atoms with Gasteiger partial charge in [-0.25, -0.2) is 4.98 Å². The van der Waals surface area contributed by atoms with Crippen molar-refractivity contribution in [2.24, 2.45) is 0 Å². The molecule has 1 aromatic heterocycles. The Labute approximate surface area is 166 Å². The van der Waals surface area contributed by atoms with Gasteiger partial charge in [0.1, 0.15) is 17.4 Å². The van der Waals surface area contributed by atoms with E-state index < -0.39 is 0 Å². The number of ether oxygens (including phenoxy) is 2. The summed E-state index contributed by atoms with van der Waals surface area (Å²) in [7, 11) is 1.67. The van der Waals surface area contributed by atoms with Gasteiger partial charge in [-0.05, 0) is 62.6 Å². The maximum Gasteiger partial charge on any atom is 0.257 e. The molecule has 6 nitrogen and oxygen atoms in total. The lowest BCUT2D eigenvalue weighted by Crippen LogP contribution is -3.13. The molecule has 3 rings (SSSR count). The van der Waals surface area contributed by atoms with E-state index in [-0.39, 0.29) is 11.9 Å². The quantitative estimate of drug-likeness (QED) is 0.731. The van der Waals surface area contributed by atoms with Crippen molar-refractivity contribution in [2.75, 3.05) is 33.4 Å². The number of carbonyl (C=O) groups excluding carboxylic acids is 1. The van der Waals surface area contributed by atoms with Crippen LogP contribution in [-0.2, 0) is 0 Å². The summed E-state index contributed by atoms with van der Waals surface area (Å²) in [5, 5.41) is 3.11. The number of piperidine rings is 1. The number of carbonyl (C=O) groups is 1. The Morgan fingerprint density at radius 3 is 2.61 bits per heavy atom. The van der Waals surface area contributed by atoms with E-state index in [2.05, 4.69) is 22.4 Å². The molecule has 2 aromatic rings. The molecular weight excluding hydrogens is 354 g/mol. The van der Waals surface area contributed by atoms with Crippen LogP contribution in [0, 0.1) is 0 Å². The minimum atomic E-state index is -0.147. The number of rotatable bonds is 8. The van der Waals surface area contributed by atoms with E-state index in [9.17, 15) is 4.79 Å². The van der Waals surface area contributed by atoms with Crippen molar-refractivity contribution >= 4 is 5.91 Å². The highest BCUT2D eigenvalue weighted by molar-refractivity contribution is 5.96. The third kappa shape index (κ3) is 5.01. The summed E-state index contributed by atoms with van der Waals surface area (Å²) in [6, 6.07) is 11.9. The van der Waals surface area contributed by atoms with E-state index in [1.165, 1.54) is 29.7 Å². The van der Waals surface area contributed by atoms with Gasteiger partial charge in [0.2, 0.25) is 5.88 Å². The van der Waals surface area contributed by atoms with Gasteiger partial charge in [-0.1, -0.05) is 0 Å². The van der Waals surface area contributed by atoms with Crippen LogP contribution >= 0.6 is 0 Å². The highest BCUT2D eigenvalue weighted by atomic mass is 16.5. The zero-order chi connectivity index (χ0) is 19.8. The smallest absolute Gasteiger partial charge is 0.257 e. The Morgan fingerprint density at radius 2 is 1.93 bits per heavy atom. The summed E-state index contributed by atoms with van der Waals surface area (Å²) in [4.78, 5) is 18.5. The average molecular weight is 385 g/mol. The fourth-order valence-electron chi connectivity index (χ4n) is 3.79. The number of amides is 1. The number of methoxy groups -OCH3 is 1. The van der Waals surface area contributed by atoms with Gasteiger partial charge in [0.15, 0.2) is 0 Å². The van der Waals surface area contributed by atoms with Crippen LogP contribution in [0.1, 0.15) is 48.1 Å². The number of quaternary nitrogens is 1. The summed E-state index contributed by atoms with van der Waals surface area (Å²) in [5.41, 5.74) is 1.70. The van der Waals surface area contributed by atoms with Crippen molar-refractivity contribution in [3.05, 3.63) is 53.7 Å². The molecule has 1 fully saturated rings. The normalized spacial score (nSPS) is 15.6. The number of benzene rings is 1. The van der Waals surface area contributed by atoms with Crippen LogP contribution in [0.4, 0.5) is 0 Å². The molecule has 1 aliphatic rings. The first-order chi connectivity index (χ1) is 13.7. The van der Waals surface area contributed by atoms with Gasteiger partial charge in [0.05, 0.1) is 33.4 Å². The lowest BCUT2D eigenvalue weighted by molar-refractivity contribution is -0.935. The number of hydrogen-bond acceptors (Lipinski definition) is 4. The van der Waals surface area contributed by atoms with E-state index in [4.69, 9.17) is 9.47 Å². The zero-order valence-electron chi connectivity index (χ0n) is 16.7. The van der Waals surface area contributed by atoms with Crippen molar-refractivity contribution in [2.45, 2.75) is 32.2 Å². The van der Waals surface area contributed by atoms with Crippen LogP contribution < -0.4 is 19.7 Å². The molecule has 1 aromatic carbocycles. The lowest BCUT2D eigenvalue weighted by Gasteiger charge is -2.32. The second-order valence-corrected chi connectivity index (χ2v) is 7.04. The van der Waals surface area contributed by atoms with Gasteiger partial charge in [0, 0.05) is 11.8 Å². The Morgan fingerprint density at radius 1 is 1.18 bits per heavy atom. The Kier molecular flexibility index (Phi) is 7.25. The number of likely N-dealkylation sites (tertiary alicyclic amines) is 1. The fourth-order valence-corrected chi connectivity index (χ4v) is 3.79. The molecule has 0 bridgehead atoms. The van der Waals surface area contributed by atoms with Crippen LogP contribution in [0.3, 0.4) is 0 Å². The summed E-state index contributed by atoms with van der Waals surface area (Å²) >= 11 is 0.